The number of rotatable bonds is 4. The number of urea groups is 1. The monoisotopic (exact) mass is 270 g/mol. The molecular weight excluding hydrogens is 244 g/mol. The van der Waals surface area contributed by atoms with Crippen molar-refractivity contribution >= 4 is 12.0 Å². The van der Waals surface area contributed by atoms with Gasteiger partial charge < -0.3 is 14.9 Å². The number of carboxylic acids is 1. The van der Waals surface area contributed by atoms with Crippen molar-refractivity contribution in [3.05, 3.63) is 0 Å². The van der Waals surface area contributed by atoms with E-state index in [1.54, 1.807) is 18.9 Å². The molecule has 0 radical (unpaired) electrons. The van der Waals surface area contributed by atoms with Crippen molar-refractivity contribution in [1.82, 2.24) is 9.80 Å². The molecule has 1 N–H and O–H groups in total. The predicted octanol–water partition coefficient (Wildman–Crippen LogP) is 2.27. The summed E-state index contributed by atoms with van der Waals surface area (Å²) in [4.78, 5) is 26.4. The fourth-order valence-electron chi connectivity index (χ4n) is 2.85. The fourth-order valence-corrected chi connectivity index (χ4v) is 2.85. The molecule has 0 aromatic heterocycles. The SMILES string of the molecule is CC(CN(C)C(=O)N(C)C1CCCCC1C)C(=O)O. The number of carboxylic acid groups (broad SMARTS) is 1. The molecule has 0 saturated heterocycles. The molecule has 0 aromatic carbocycles. The van der Waals surface area contributed by atoms with Gasteiger partial charge in [0.05, 0.1) is 5.92 Å². The van der Waals surface area contributed by atoms with Gasteiger partial charge in [-0.2, -0.15) is 0 Å². The fraction of sp³-hybridized carbons (Fsp3) is 0.857. The Morgan fingerprint density at radius 2 is 1.84 bits per heavy atom. The van der Waals surface area contributed by atoms with Gasteiger partial charge in [0.1, 0.15) is 0 Å². The maximum absolute atomic E-state index is 12.3. The zero-order chi connectivity index (χ0) is 14.6. The third kappa shape index (κ3) is 4.11. The highest BCUT2D eigenvalue weighted by molar-refractivity contribution is 5.76. The van der Waals surface area contributed by atoms with Gasteiger partial charge in [0.25, 0.3) is 0 Å². The molecule has 1 aliphatic rings. The molecule has 1 aliphatic carbocycles. The highest BCUT2D eigenvalue weighted by Gasteiger charge is 2.30. The lowest BCUT2D eigenvalue weighted by Gasteiger charge is -2.38. The van der Waals surface area contributed by atoms with E-state index in [2.05, 4.69) is 6.92 Å². The summed E-state index contributed by atoms with van der Waals surface area (Å²) < 4.78 is 0. The number of hydrogen-bond donors (Lipinski definition) is 1. The van der Waals surface area contributed by atoms with Crippen LogP contribution in [0.2, 0.25) is 0 Å². The van der Waals surface area contributed by atoms with Gasteiger partial charge in [-0.15, -0.1) is 0 Å². The number of carbonyl (C=O) groups excluding carboxylic acids is 1. The molecule has 110 valence electrons. The van der Waals surface area contributed by atoms with Gasteiger partial charge in [-0.3, -0.25) is 4.79 Å². The van der Waals surface area contributed by atoms with E-state index in [9.17, 15) is 9.59 Å². The van der Waals surface area contributed by atoms with Crippen LogP contribution in [0.15, 0.2) is 0 Å². The highest BCUT2D eigenvalue weighted by atomic mass is 16.4. The van der Waals surface area contributed by atoms with Crippen LogP contribution in [0.5, 0.6) is 0 Å². The van der Waals surface area contributed by atoms with Crippen LogP contribution in [0, 0.1) is 11.8 Å². The van der Waals surface area contributed by atoms with Crippen molar-refractivity contribution in [3.8, 4) is 0 Å². The normalized spacial score (nSPS) is 24.6. The smallest absolute Gasteiger partial charge is 0.319 e. The van der Waals surface area contributed by atoms with Crippen LogP contribution in [0.3, 0.4) is 0 Å². The van der Waals surface area contributed by atoms with Gasteiger partial charge in [-0.25, -0.2) is 4.79 Å². The molecule has 1 saturated carbocycles. The molecule has 0 bridgehead atoms. The molecule has 5 heteroatoms. The summed E-state index contributed by atoms with van der Waals surface area (Å²) in [5.74, 6) is -0.882. The predicted molar refractivity (Wildman–Crippen MR) is 74.0 cm³/mol. The van der Waals surface area contributed by atoms with Crippen molar-refractivity contribution < 1.29 is 14.7 Å². The van der Waals surface area contributed by atoms with Crippen LogP contribution < -0.4 is 0 Å². The Morgan fingerprint density at radius 1 is 1.26 bits per heavy atom. The quantitative estimate of drug-likeness (QED) is 0.852. The maximum atomic E-state index is 12.3. The van der Waals surface area contributed by atoms with Crippen LogP contribution in [0.1, 0.15) is 39.5 Å². The van der Waals surface area contributed by atoms with Gasteiger partial charge in [0.2, 0.25) is 0 Å². The van der Waals surface area contributed by atoms with Crippen LogP contribution in [0.4, 0.5) is 4.79 Å². The largest absolute Gasteiger partial charge is 0.481 e. The van der Waals surface area contributed by atoms with Crippen molar-refractivity contribution in [2.75, 3.05) is 20.6 Å². The zero-order valence-corrected chi connectivity index (χ0v) is 12.4. The summed E-state index contributed by atoms with van der Waals surface area (Å²) >= 11 is 0. The second kappa shape index (κ2) is 6.78. The Kier molecular flexibility index (Phi) is 5.63. The molecule has 1 fully saturated rings. The van der Waals surface area contributed by atoms with Gasteiger partial charge >= 0.3 is 12.0 Å². The van der Waals surface area contributed by atoms with Crippen LogP contribution in [-0.4, -0.2) is 53.6 Å². The van der Waals surface area contributed by atoms with Gasteiger partial charge in [-0.1, -0.05) is 26.7 Å². The lowest BCUT2D eigenvalue weighted by Crippen LogP contribution is -2.49. The molecule has 2 amide bonds. The lowest BCUT2D eigenvalue weighted by atomic mass is 9.85. The van der Waals surface area contributed by atoms with E-state index in [1.165, 1.54) is 17.7 Å². The molecule has 0 aromatic rings. The van der Waals surface area contributed by atoms with Gasteiger partial charge in [0.15, 0.2) is 0 Å². The molecule has 0 heterocycles. The minimum atomic E-state index is -0.867. The van der Waals surface area contributed by atoms with E-state index in [-0.39, 0.29) is 18.6 Å². The first-order valence-corrected chi connectivity index (χ1v) is 7.05. The van der Waals surface area contributed by atoms with Crippen molar-refractivity contribution in [2.24, 2.45) is 11.8 Å². The highest BCUT2D eigenvalue weighted by Crippen LogP contribution is 2.27. The molecule has 0 spiro atoms. The summed E-state index contributed by atoms with van der Waals surface area (Å²) in [7, 11) is 3.50. The third-order valence-corrected chi connectivity index (χ3v) is 4.16. The zero-order valence-electron chi connectivity index (χ0n) is 12.4. The Hall–Kier alpha value is -1.26. The summed E-state index contributed by atoms with van der Waals surface area (Å²) in [6, 6.07) is 0.204. The van der Waals surface area contributed by atoms with Crippen molar-refractivity contribution in [3.63, 3.8) is 0 Å². The van der Waals surface area contributed by atoms with Crippen LogP contribution >= 0.6 is 0 Å². The van der Waals surface area contributed by atoms with E-state index < -0.39 is 11.9 Å². The number of carbonyl (C=O) groups is 2. The molecule has 3 unspecified atom stereocenters. The standard InChI is InChI=1S/C14H26N2O3/c1-10-7-5-6-8-12(10)16(4)14(19)15(3)9-11(2)13(17)18/h10-12H,5-9H2,1-4H3,(H,17,18). The average Bonchev–Trinajstić information content (AvgIpc) is 2.37. The Morgan fingerprint density at radius 3 is 2.37 bits per heavy atom. The Labute approximate surface area is 115 Å². The number of amides is 2. The maximum Gasteiger partial charge on any atom is 0.319 e. The van der Waals surface area contributed by atoms with E-state index in [1.807, 2.05) is 7.05 Å². The molecule has 19 heavy (non-hydrogen) atoms. The molecular formula is C14H26N2O3. The summed E-state index contributed by atoms with van der Waals surface area (Å²) in [6.45, 7) is 4.06. The van der Waals surface area contributed by atoms with E-state index in [0.717, 1.165) is 12.8 Å². The number of hydrogen-bond acceptors (Lipinski definition) is 2. The Bertz CT molecular complexity index is 333. The number of nitrogens with zero attached hydrogens (tertiary/aromatic N) is 2. The molecule has 3 atom stereocenters. The summed E-state index contributed by atoms with van der Waals surface area (Å²) in [6.07, 6.45) is 4.62. The molecule has 1 rings (SSSR count). The lowest BCUT2D eigenvalue weighted by molar-refractivity contribution is -0.141. The van der Waals surface area contributed by atoms with E-state index in [0.29, 0.717) is 5.92 Å². The first-order chi connectivity index (χ1) is 8.84. The van der Waals surface area contributed by atoms with Crippen LogP contribution in [0.25, 0.3) is 0 Å². The molecule has 0 aliphatic heterocycles. The second-order valence-electron chi connectivity index (χ2n) is 5.84. The van der Waals surface area contributed by atoms with Crippen molar-refractivity contribution in [1.29, 1.82) is 0 Å². The van der Waals surface area contributed by atoms with Gasteiger partial charge in [0, 0.05) is 26.7 Å². The van der Waals surface area contributed by atoms with Crippen LogP contribution in [-0.2, 0) is 4.79 Å². The minimum absolute atomic E-state index is 0.0770. The first-order valence-electron chi connectivity index (χ1n) is 7.05. The Balaban J connectivity index is 2.57. The van der Waals surface area contributed by atoms with Crippen molar-refractivity contribution in [2.45, 2.75) is 45.6 Å². The number of aliphatic carboxylic acids is 1. The second-order valence-corrected chi connectivity index (χ2v) is 5.84. The van der Waals surface area contributed by atoms with E-state index >= 15 is 0 Å². The van der Waals surface area contributed by atoms with E-state index in [4.69, 9.17) is 5.11 Å². The first kappa shape index (κ1) is 15.8. The topological polar surface area (TPSA) is 60.9 Å². The molecule has 5 nitrogen and oxygen atoms in total. The summed E-state index contributed by atoms with van der Waals surface area (Å²) in [5, 5.41) is 8.89. The third-order valence-electron chi connectivity index (χ3n) is 4.16. The minimum Gasteiger partial charge on any atom is -0.481 e. The average molecular weight is 270 g/mol. The van der Waals surface area contributed by atoms with Gasteiger partial charge in [-0.05, 0) is 18.8 Å². The summed E-state index contributed by atoms with van der Waals surface area (Å²) in [5.41, 5.74) is 0.